The predicted octanol–water partition coefficient (Wildman–Crippen LogP) is 9.10. The Morgan fingerprint density at radius 2 is 1.46 bits per heavy atom. The van der Waals surface area contributed by atoms with Gasteiger partial charge in [0.1, 0.15) is 23.7 Å². The molecule has 0 N–H and O–H groups in total. The van der Waals surface area contributed by atoms with Gasteiger partial charge in [0.2, 0.25) is 0 Å². The molecule has 35 heavy (non-hydrogen) atoms. The highest BCUT2D eigenvalue weighted by molar-refractivity contribution is 5.77. The summed E-state index contributed by atoms with van der Waals surface area (Å²) >= 11 is 0. The Bertz CT molecular complexity index is 825. The zero-order valence-electron chi connectivity index (χ0n) is 24.4. The Hall–Kier alpha value is -1.51. The van der Waals surface area contributed by atoms with Crippen LogP contribution in [0.15, 0.2) is 0 Å². The van der Waals surface area contributed by atoms with Gasteiger partial charge in [-0.15, -0.1) is 0 Å². The number of carbonyl (C=O) groups excluding carboxylic acids is 1. The summed E-state index contributed by atoms with van der Waals surface area (Å²) in [6.45, 7) is 19.9. The van der Waals surface area contributed by atoms with Gasteiger partial charge in [-0.25, -0.2) is 0 Å². The van der Waals surface area contributed by atoms with Gasteiger partial charge >= 0.3 is 0 Å². The molecular weight excluding hydrogens is 432 g/mol. The van der Waals surface area contributed by atoms with E-state index in [2.05, 4.69) is 55.4 Å². The molecule has 0 bridgehead atoms. The van der Waals surface area contributed by atoms with E-state index in [9.17, 15) is 4.79 Å². The van der Waals surface area contributed by atoms with Gasteiger partial charge in [-0.3, -0.25) is 4.79 Å². The van der Waals surface area contributed by atoms with Gasteiger partial charge in [0, 0.05) is 5.56 Å². The molecule has 3 heteroatoms. The number of ketones is 1. The van der Waals surface area contributed by atoms with Gasteiger partial charge in [-0.05, 0) is 94.7 Å². The van der Waals surface area contributed by atoms with Crippen molar-refractivity contribution in [2.45, 2.75) is 139 Å². The fourth-order valence-corrected chi connectivity index (χ4v) is 5.65. The Balaban J connectivity index is 1.83. The number of ether oxygens (including phenoxy) is 2. The number of hydrogen-bond donors (Lipinski definition) is 0. The van der Waals surface area contributed by atoms with Crippen molar-refractivity contribution in [2.75, 3.05) is 6.61 Å². The minimum Gasteiger partial charge on any atom is -0.487 e. The highest BCUT2D eigenvalue weighted by atomic mass is 16.5. The van der Waals surface area contributed by atoms with E-state index in [4.69, 9.17) is 9.47 Å². The summed E-state index contributed by atoms with van der Waals surface area (Å²) in [6.07, 6.45) is 14.0. The highest BCUT2D eigenvalue weighted by Gasteiger charge is 2.34. The number of hydrogen-bond acceptors (Lipinski definition) is 3. The molecule has 1 aromatic carbocycles. The first-order valence-corrected chi connectivity index (χ1v) is 14.4. The standard InChI is InChI=1S/C32H54O3/c1-22(2)13-10-14-23(3)15-11-16-24(4)17-12-19-32(9)20-18-29-28(8)30(34-21-25(5)33)26(6)27(7)31(29)35-32/h22-24H,10-21H2,1-9H3/t23?,24?,32-/m1/s1. The minimum absolute atomic E-state index is 0.0494. The molecule has 200 valence electrons. The van der Waals surface area contributed by atoms with Crippen molar-refractivity contribution in [3.63, 3.8) is 0 Å². The first-order valence-electron chi connectivity index (χ1n) is 14.4. The number of benzene rings is 1. The summed E-state index contributed by atoms with van der Waals surface area (Å²) < 4.78 is 12.6. The molecule has 1 aliphatic heterocycles. The van der Waals surface area contributed by atoms with Crippen LogP contribution < -0.4 is 9.47 Å². The van der Waals surface area contributed by atoms with Crippen molar-refractivity contribution in [3.05, 3.63) is 22.3 Å². The molecule has 2 rings (SSSR count). The van der Waals surface area contributed by atoms with E-state index in [1.165, 1.54) is 56.9 Å². The van der Waals surface area contributed by atoms with Crippen molar-refractivity contribution < 1.29 is 14.3 Å². The third-order valence-electron chi connectivity index (χ3n) is 8.26. The van der Waals surface area contributed by atoms with Crippen LogP contribution in [-0.2, 0) is 11.2 Å². The summed E-state index contributed by atoms with van der Waals surface area (Å²) in [5.74, 6) is 4.49. The zero-order valence-corrected chi connectivity index (χ0v) is 24.4. The lowest BCUT2D eigenvalue weighted by Gasteiger charge is -2.38. The van der Waals surface area contributed by atoms with E-state index in [-0.39, 0.29) is 18.0 Å². The predicted molar refractivity (Wildman–Crippen MR) is 149 cm³/mol. The Morgan fingerprint density at radius 3 is 2.03 bits per heavy atom. The summed E-state index contributed by atoms with van der Waals surface area (Å²) in [4.78, 5) is 11.4. The van der Waals surface area contributed by atoms with Crippen molar-refractivity contribution in [3.8, 4) is 11.5 Å². The molecule has 1 aromatic rings. The topological polar surface area (TPSA) is 35.5 Å². The molecule has 0 saturated heterocycles. The van der Waals surface area contributed by atoms with Crippen molar-refractivity contribution in [2.24, 2.45) is 17.8 Å². The van der Waals surface area contributed by atoms with Crippen LogP contribution in [-0.4, -0.2) is 18.0 Å². The second kappa shape index (κ2) is 13.7. The maximum Gasteiger partial charge on any atom is 0.167 e. The van der Waals surface area contributed by atoms with Crippen molar-refractivity contribution in [1.29, 1.82) is 0 Å². The van der Waals surface area contributed by atoms with Crippen LogP contribution in [0.3, 0.4) is 0 Å². The first-order chi connectivity index (χ1) is 16.4. The highest BCUT2D eigenvalue weighted by Crippen LogP contribution is 2.45. The van der Waals surface area contributed by atoms with E-state index >= 15 is 0 Å². The third-order valence-corrected chi connectivity index (χ3v) is 8.26. The third kappa shape index (κ3) is 9.14. The van der Waals surface area contributed by atoms with Gasteiger partial charge < -0.3 is 9.47 Å². The van der Waals surface area contributed by atoms with E-state index in [1.807, 2.05) is 0 Å². The summed E-state index contributed by atoms with van der Waals surface area (Å²) in [5.41, 5.74) is 4.56. The molecule has 3 nitrogen and oxygen atoms in total. The van der Waals surface area contributed by atoms with Crippen LogP contribution in [0.5, 0.6) is 11.5 Å². The van der Waals surface area contributed by atoms with Gasteiger partial charge in [0.25, 0.3) is 0 Å². The summed E-state index contributed by atoms with van der Waals surface area (Å²) in [6, 6.07) is 0. The van der Waals surface area contributed by atoms with Gasteiger partial charge in [0.05, 0.1) is 0 Å². The Labute approximate surface area is 216 Å². The average Bonchev–Trinajstić information content (AvgIpc) is 2.77. The lowest BCUT2D eigenvalue weighted by Crippen LogP contribution is -2.37. The number of carbonyl (C=O) groups is 1. The van der Waals surface area contributed by atoms with Gasteiger partial charge in [-0.1, -0.05) is 72.6 Å². The van der Waals surface area contributed by atoms with E-state index in [0.29, 0.717) is 0 Å². The summed E-state index contributed by atoms with van der Waals surface area (Å²) in [5, 5.41) is 0. The first kappa shape index (κ1) is 29.7. The van der Waals surface area contributed by atoms with Crippen LogP contribution in [0.25, 0.3) is 0 Å². The molecule has 0 amide bonds. The molecule has 1 aliphatic rings. The normalized spacial score (nSPS) is 19.3. The molecule has 1 heterocycles. The lowest BCUT2D eigenvalue weighted by atomic mass is 9.83. The van der Waals surface area contributed by atoms with Crippen LogP contribution in [0, 0.1) is 38.5 Å². The van der Waals surface area contributed by atoms with Crippen LogP contribution in [0.2, 0.25) is 0 Å². The molecule has 3 atom stereocenters. The SMILES string of the molecule is CC(=O)COc1c(C)c(C)c2c(c1C)CC[C@@](C)(CCCC(C)CCCC(C)CCCC(C)C)O2. The van der Waals surface area contributed by atoms with Crippen LogP contribution >= 0.6 is 0 Å². The van der Waals surface area contributed by atoms with Gasteiger partial charge in [0.15, 0.2) is 5.78 Å². The lowest BCUT2D eigenvalue weighted by molar-refractivity contribution is -0.118. The van der Waals surface area contributed by atoms with E-state index < -0.39 is 0 Å². The Kier molecular flexibility index (Phi) is 11.6. The number of fused-ring (bicyclic) bond motifs is 1. The maximum atomic E-state index is 11.4. The quantitative estimate of drug-likeness (QED) is 0.248. The molecular formula is C32H54O3. The van der Waals surface area contributed by atoms with Crippen molar-refractivity contribution >= 4 is 5.78 Å². The minimum atomic E-state index is -0.0942. The molecule has 2 unspecified atom stereocenters. The fourth-order valence-electron chi connectivity index (χ4n) is 5.65. The smallest absolute Gasteiger partial charge is 0.167 e. The second-order valence-corrected chi connectivity index (χ2v) is 12.4. The van der Waals surface area contributed by atoms with Crippen LogP contribution in [0.1, 0.15) is 128 Å². The summed E-state index contributed by atoms with van der Waals surface area (Å²) in [7, 11) is 0. The van der Waals surface area contributed by atoms with Gasteiger partial charge in [-0.2, -0.15) is 0 Å². The molecule has 0 fully saturated rings. The zero-order chi connectivity index (χ0) is 26.2. The fraction of sp³-hybridized carbons (Fsp3) is 0.781. The largest absolute Gasteiger partial charge is 0.487 e. The van der Waals surface area contributed by atoms with E-state index in [1.54, 1.807) is 6.92 Å². The van der Waals surface area contributed by atoms with E-state index in [0.717, 1.165) is 65.2 Å². The second-order valence-electron chi connectivity index (χ2n) is 12.4. The molecule has 0 saturated carbocycles. The molecule has 0 aromatic heterocycles. The monoisotopic (exact) mass is 486 g/mol. The van der Waals surface area contributed by atoms with Crippen LogP contribution in [0.4, 0.5) is 0 Å². The number of Topliss-reactive ketones (excluding diaryl/α,β-unsaturated/α-hetero) is 1. The Morgan fingerprint density at radius 1 is 0.886 bits per heavy atom. The number of rotatable bonds is 15. The maximum absolute atomic E-state index is 11.4. The molecule has 0 spiro atoms. The molecule has 0 aliphatic carbocycles. The average molecular weight is 487 g/mol. The molecule has 0 radical (unpaired) electrons. The van der Waals surface area contributed by atoms with Crippen molar-refractivity contribution in [1.82, 2.24) is 0 Å².